The zero-order valence-corrected chi connectivity index (χ0v) is 10.7. The number of carbonyl (C=O) groups is 1. The van der Waals surface area contributed by atoms with Crippen molar-refractivity contribution in [2.45, 2.75) is 13.3 Å². The molecular formula is C14H18N2O2. The zero-order valence-electron chi connectivity index (χ0n) is 10.7. The van der Waals surface area contributed by atoms with Crippen LogP contribution in [0.1, 0.15) is 11.1 Å². The fraction of sp³-hybridized carbons (Fsp3) is 0.357. The van der Waals surface area contributed by atoms with E-state index in [1.807, 2.05) is 25.3 Å². The van der Waals surface area contributed by atoms with Crippen LogP contribution in [-0.2, 0) is 11.2 Å². The molecule has 0 fully saturated rings. The quantitative estimate of drug-likeness (QED) is 0.858. The molecule has 2 N–H and O–H groups in total. The first-order valence-electron chi connectivity index (χ1n) is 6.03. The number of hydrogen-bond acceptors (Lipinski definition) is 2. The van der Waals surface area contributed by atoms with Gasteiger partial charge in [0.25, 0.3) is 0 Å². The van der Waals surface area contributed by atoms with Gasteiger partial charge in [0.1, 0.15) is 0 Å². The first-order valence-corrected chi connectivity index (χ1v) is 6.03. The Labute approximate surface area is 106 Å². The van der Waals surface area contributed by atoms with Crippen LogP contribution in [0.5, 0.6) is 0 Å². The topological polar surface area (TPSA) is 56.3 Å². The van der Waals surface area contributed by atoms with Crippen LogP contribution in [0.25, 0.3) is 10.9 Å². The SMILES string of the molecule is Cc1ccc2c(CC(=O)N(C)CCO)c[nH]c2c1. The number of likely N-dealkylation sites (N-methyl/N-ethyl adjacent to an activating group) is 1. The number of nitrogens with zero attached hydrogens (tertiary/aromatic N) is 1. The molecule has 0 aliphatic rings. The van der Waals surface area contributed by atoms with Gasteiger partial charge in [-0.25, -0.2) is 0 Å². The number of benzene rings is 1. The van der Waals surface area contributed by atoms with Crippen LogP contribution in [-0.4, -0.2) is 41.1 Å². The summed E-state index contributed by atoms with van der Waals surface area (Å²) in [6.45, 7) is 2.41. The predicted molar refractivity (Wildman–Crippen MR) is 71.5 cm³/mol. The average molecular weight is 246 g/mol. The Morgan fingerprint density at radius 1 is 1.44 bits per heavy atom. The van der Waals surface area contributed by atoms with E-state index in [1.54, 1.807) is 11.9 Å². The predicted octanol–water partition coefficient (Wildman–Crippen LogP) is 1.47. The second-order valence-corrected chi connectivity index (χ2v) is 4.58. The lowest BCUT2D eigenvalue weighted by Gasteiger charge is -2.15. The van der Waals surface area contributed by atoms with Gasteiger partial charge in [-0.15, -0.1) is 0 Å². The highest BCUT2D eigenvalue weighted by Crippen LogP contribution is 2.20. The van der Waals surface area contributed by atoms with Crippen molar-refractivity contribution in [2.75, 3.05) is 20.2 Å². The molecular weight excluding hydrogens is 228 g/mol. The van der Waals surface area contributed by atoms with Crippen molar-refractivity contribution >= 4 is 16.8 Å². The molecule has 0 saturated carbocycles. The highest BCUT2D eigenvalue weighted by atomic mass is 16.3. The molecule has 1 amide bonds. The second kappa shape index (κ2) is 5.23. The molecule has 0 atom stereocenters. The minimum absolute atomic E-state index is 0.00464. The Balaban J connectivity index is 2.19. The number of aryl methyl sites for hydroxylation is 1. The summed E-state index contributed by atoms with van der Waals surface area (Å²) < 4.78 is 0. The first kappa shape index (κ1) is 12.6. The third-order valence-electron chi connectivity index (χ3n) is 3.13. The largest absolute Gasteiger partial charge is 0.395 e. The molecule has 2 aromatic rings. The Bertz CT molecular complexity index is 560. The number of aromatic nitrogens is 1. The second-order valence-electron chi connectivity index (χ2n) is 4.58. The van der Waals surface area contributed by atoms with Gasteiger partial charge < -0.3 is 15.0 Å². The number of aliphatic hydroxyl groups is 1. The minimum atomic E-state index is -0.00464. The van der Waals surface area contributed by atoms with Crippen molar-refractivity contribution < 1.29 is 9.90 Å². The van der Waals surface area contributed by atoms with Crippen molar-refractivity contribution in [1.82, 2.24) is 9.88 Å². The number of fused-ring (bicyclic) bond motifs is 1. The molecule has 0 aliphatic heterocycles. The molecule has 4 heteroatoms. The number of aromatic amines is 1. The van der Waals surface area contributed by atoms with Crippen molar-refractivity contribution in [3.8, 4) is 0 Å². The van der Waals surface area contributed by atoms with Crippen LogP contribution in [0.15, 0.2) is 24.4 Å². The van der Waals surface area contributed by atoms with Crippen LogP contribution >= 0.6 is 0 Å². The number of carbonyl (C=O) groups excluding carboxylic acids is 1. The van der Waals surface area contributed by atoms with Crippen molar-refractivity contribution in [1.29, 1.82) is 0 Å². The van der Waals surface area contributed by atoms with Crippen molar-refractivity contribution in [3.05, 3.63) is 35.5 Å². The fourth-order valence-electron chi connectivity index (χ4n) is 2.02. The third-order valence-corrected chi connectivity index (χ3v) is 3.13. The monoisotopic (exact) mass is 246 g/mol. The van der Waals surface area contributed by atoms with Gasteiger partial charge in [-0.3, -0.25) is 4.79 Å². The van der Waals surface area contributed by atoms with Crippen LogP contribution < -0.4 is 0 Å². The summed E-state index contributed by atoms with van der Waals surface area (Å²) in [6.07, 6.45) is 2.24. The van der Waals surface area contributed by atoms with E-state index in [9.17, 15) is 4.79 Å². The summed E-state index contributed by atoms with van der Waals surface area (Å²) in [7, 11) is 1.71. The number of amides is 1. The van der Waals surface area contributed by atoms with E-state index in [-0.39, 0.29) is 12.5 Å². The van der Waals surface area contributed by atoms with E-state index in [4.69, 9.17) is 5.11 Å². The number of nitrogens with one attached hydrogen (secondary N) is 1. The van der Waals surface area contributed by atoms with Crippen LogP contribution in [0.2, 0.25) is 0 Å². The molecule has 1 aromatic carbocycles. The average Bonchev–Trinajstić information content (AvgIpc) is 2.72. The van der Waals surface area contributed by atoms with Crippen LogP contribution in [0.3, 0.4) is 0 Å². The van der Waals surface area contributed by atoms with Gasteiger partial charge >= 0.3 is 0 Å². The number of H-pyrrole nitrogens is 1. The van der Waals surface area contributed by atoms with E-state index in [0.29, 0.717) is 13.0 Å². The van der Waals surface area contributed by atoms with Gasteiger partial charge in [-0.05, 0) is 24.1 Å². The lowest BCUT2D eigenvalue weighted by Crippen LogP contribution is -2.30. The maximum Gasteiger partial charge on any atom is 0.226 e. The molecule has 0 spiro atoms. The maximum absolute atomic E-state index is 11.9. The first-order chi connectivity index (χ1) is 8.61. The van der Waals surface area contributed by atoms with E-state index in [1.165, 1.54) is 5.56 Å². The Kier molecular flexibility index (Phi) is 3.67. The highest BCUT2D eigenvalue weighted by Gasteiger charge is 2.12. The molecule has 18 heavy (non-hydrogen) atoms. The summed E-state index contributed by atoms with van der Waals surface area (Å²) in [5, 5.41) is 9.90. The Morgan fingerprint density at radius 3 is 2.94 bits per heavy atom. The third kappa shape index (κ3) is 2.54. The van der Waals surface area contributed by atoms with Crippen molar-refractivity contribution in [3.63, 3.8) is 0 Å². The smallest absolute Gasteiger partial charge is 0.226 e. The van der Waals surface area contributed by atoms with Gasteiger partial charge in [0, 0.05) is 30.7 Å². The molecule has 0 bridgehead atoms. The van der Waals surface area contributed by atoms with Crippen LogP contribution in [0.4, 0.5) is 0 Å². The van der Waals surface area contributed by atoms with Gasteiger partial charge in [0.15, 0.2) is 0 Å². The highest BCUT2D eigenvalue weighted by molar-refractivity contribution is 5.89. The molecule has 0 saturated heterocycles. The lowest BCUT2D eigenvalue weighted by atomic mass is 10.1. The number of rotatable bonds is 4. The minimum Gasteiger partial charge on any atom is -0.395 e. The normalized spacial score (nSPS) is 10.8. The Hall–Kier alpha value is -1.81. The molecule has 0 radical (unpaired) electrons. The molecule has 0 aliphatic carbocycles. The Morgan fingerprint density at radius 2 is 2.22 bits per heavy atom. The number of hydrogen-bond donors (Lipinski definition) is 2. The molecule has 96 valence electrons. The van der Waals surface area contributed by atoms with E-state index >= 15 is 0 Å². The summed E-state index contributed by atoms with van der Waals surface area (Å²) in [5.74, 6) is 0.0190. The van der Waals surface area contributed by atoms with E-state index in [0.717, 1.165) is 16.5 Å². The van der Waals surface area contributed by atoms with E-state index < -0.39 is 0 Å². The van der Waals surface area contributed by atoms with Crippen molar-refractivity contribution in [2.24, 2.45) is 0 Å². The van der Waals surface area contributed by atoms with Gasteiger partial charge in [0.2, 0.25) is 5.91 Å². The summed E-state index contributed by atoms with van der Waals surface area (Å²) in [6, 6.07) is 6.15. The fourth-order valence-corrected chi connectivity index (χ4v) is 2.02. The van der Waals surface area contributed by atoms with Gasteiger partial charge in [0.05, 0.1) is 13.0 Å². The van der Waals surface area contributed by atoms with E-state index in [2.05, 4.69) is 11.1 Å². The molecule has 1 heterocycles. The zero-order chi connectivity index (χ0) is 13.1. The summed E-state index contributed by atoms with van der Waals surface area (Å²) in [5.41, 5.74) is 3.25. The van der Waals surface area contributed by atoms with Gasteiger partial charge in [-0.2, -0.15) is 0 Å². The molecule has 4 nitrogen and oxygen atoms in total. The summed E-state index contributed by atoms with van der Waals surface area (Å²) >= 11 is 0. The molecule has 1 aromatic heterocycles. The lowest BCUT2D eigenvalue weighted by molar-refractivity contribution is -0.129. The summed E-state index contributed by atoms with van der Waals surface area (Å²) in [4.78, 5) is 16.6. The molecule has 2 rings (SSSR count). The van der Waals surface area contributed by atoms with Gasteiger partial charge in [-0.1, -0.05) is 12.1 Å². The maximum atomic E-state index is 11.9. The molecule has 0 unspecified atom stereocenters. The standard InChI is InChI=1S/C14H18N2O2/c1-10-3-4-12-11(9-15-13(12)7-10)8-14(18)16(2)5-6-17/h3-4,7,9,15,17H,5-6,8H2,1-2H3. The number of aliphatic hydroxyl groups excluding tert-OH is 1. The van der Waals surface area contributed by atoms with Crippen LogP contribution in [0, 0.1) is 6.92 Å².